The number of alkyl carbamates (subject to hydrolysis) is 1. The molecule has 0 spiro atoms. The number of ether oxygens (including phenoxy) is 3. The summed E-state index contributed by atoms with van der Waals surface area (Å²) in [6.07, 6.45) is -2.07. The topological polar surface area (TPSA) is 134 Å². The Balaban J connectivity index is 5.00. The second-order valence-electron chi connectivity index (χ2n) is 7.30. The molecule has 0 aliphatic carbocycles. The first-order valence-electron chi connectivity index (χ1n) is 8.44. The summed E-state index contributed by atoms with van der Waals surface area (Å²) in [7, 11) is 0. The third-order valence-electron chi connectivity index (χ3n) is 2.88. The molecule has 0 heterocycles. The van der Waals surface area contributed by atoms with E-state index in [4.69, 9.17) is 19.9 Å². The van der Waals surface area contributed by atoms with Crippen molar-refractivity contribution >= 4 is 23.9 Å². The molecule has 0 aromatic rings. The van der Waals surface area contributed by atoms with Crippen LogP contribution in [0.25, 0.3) is 0 Å². The highest BCUT2D eigenvalue weighted by atomic mass is 16.6. The van der Waals surface area contributed by atoms with Gasteiger partial charge in [0.1, 0.15) is 11.6 Å². The van der Waals surface area contributed by atoms with Crippen LogP contribution < -0.4 is 11.1 Å². The molecule has 0 rings (SSSR count). The fourth-order valence-corrected chi connectivity index (χ4v) is 1.83. The minimum Gasteiger partial charge on any atom is -0.464 e. The summed E-state index contributed by atoms with van der Waals surface area (Å²) in [5.74, 6) is -2.07. The van der Waals surface area contributed by atoms with Crippen LogP contribution in [0.5, 0.6) is 0 Å². The van der Waals surface area contributed by atoms with Crippen molar-refractivity contribution in [2.24, 2.45) is 11.7 Å². The number of nitrogens with one attached hydrogen (secondary N) is 1. The number of carbonyl (C=O) groups is 4. The molecule has 0 aliphatic rings. The molecule has 0 aromatic carbocycles. The van der Waals surface area contributed by atoms with Crippen LogP contribution in [0.15, 0.2) is 0 Å². The Bertz CT molecular complexity index is 512. The van der Waals surface area contributed by atoms with Gasteiger partial charge in [-0.3, -0.25) is 9.59 Å². The van der Waals surface area contributed by atoms with Crippen molar-refractivity contribution in [3.8, 4) is 0 Å². The van der Waals surface area contributed by atoms with Gasteiger partial charge in [0, 0.05) is 6.92 Å². The van der Waals surface area contributed by atoms with E-state index in [-0.39, 0.29) is 25.4 Å². The molecule has 0 bridgehead atoms. The van der Waals surface area contributed by atoms with Crippen LogP contribution >= 0.6 is 0 Å². The summed E-state index contributed by atoms with van der Waals surface area (Å²) in [4.78, 5) is 46.6. The van der Waals surface area contributed by atoms with E-state index in [0.717, 1.165) is 6.92 Å². The van der Waals surface area contributed by atoms with Gasteiger partial charge < -0.3 is 25.3 Å². The molecule has 26 heavy (non-hydrogen) atoms. The Morgan fingerprint density at radius 3 is 2.08 bits per heavy atom. The van der Waals surface area contributed by atoms with Crippen LogP contribution in [0.3, 0.4) is 0 Å². The van der Waals surface area contributed by atoms with Gasteiger partial charge in [0.25, 0.3) is 5.91 Å². The van der Waals surface area contributed by atoms with Gasteiger partial charge in [0.2, 0.25) is 0 Å². The minimum absolute atomic E-state index is 0.0168. The van der Waals surface area contributed by atoms with E-state index in [1.165, 1.54) is 0 Å². The SMILES string of the molecule is CC(=O)OC(CC[C@H](NC(=O)OC(C)(C)C)C(=O)OCC(C)C)C(N)=O. The molecule has 2 amide bonds. The summed E-state index contributed by atoms with van der Waals surface area (Å²) in [6.45, 7) is 10.1. The average Bonchev–Trinajstić information content (AvgIpc) is 2.44. The maximum atomic E-state index is 12.2. The molecule has 0 aliphatic heterocycles. The van der Waals surface area contributed by atoms with Crippen LogP contribution in [0.1, 0.15) is 54.4 Å². The van der Waals surface area contributed by atoms with Gasteiger partial charge in [0.15, 0.2) is 6.10 Å². The van der Waals surface area contributed by atoms with Gasteiger partial charge in [0.05, 0.1) is 6.61 Å². The highest BCUT2D eigenvalue weighted by Crippen LogP contribution is 2.11. The van der Waals surface area contributed by atoms with E-state index < -0.39 is 41.7 Å². The summed E-state index contributed by atoms with van der Waals surface area (Å²) in [6, 6.07) is -1.07. The van der Waals surface area contributed by atoms with Gasteiger partial charge >= 0.3 is 18.0 Å². The zero-order valence-electron chi connectivity index (χ0n) is 16.3. The number of carbonyl (C=O) groups excluding carboxylic acids is 4. The molecule has 9 heteroatoms. The highest BCUT2D eigenvalue weighted by Gasteiger charge is 2.28. The van der Waals surface area contributed by atoms with Crippen LogP contribution in [-0.2, 0) is 28.6 Å². The first kappa shape index (κ1) is 23.7. The van der Waals surface area contributed by atoms with Crippen LogP contribution in [0.4, 0.5) is 4.79 Å². The first-order chi connectivity index (χ1) is 11.8. The lowest BCUT2D eigenvalue weighted by atomic mass is 10.1. The molecule has 0 radical (unpaired) electrons. The molecular weight excluding hydrogens is 344 g/mol. The fourth-order valence-electron chi connectivity index (χ4n) is 1.83. The van der Waals surface area contributed by atoms with Crippen molar-refractivity contribution in [2.45, 2.75) is 72.1 Å². The number of hydrogen-bond acceptors (Lipinski definition) is 7. The molecule has 150 valence electrons. The van der Waals surface area contributed by atoms with Crippen LogP contribution in [-0.4, -0.2) is 48.3 Å². The van der Waals surface area contributed by atoms with Gasteiger partial charge in [-0.2, -0.15) is 0 Å². The number of amides is 2. The van der Waals surface area contributed by atoms with Crippen molar-refractivity contribution in [3.05, 3.63) is 0 Å². The van der Waals surface area contributed by atoms with Gasteiger partial charge in [-0.15, -0.1) is 0 Å². The Hall–Kier alpha value is -2.32. The second kappa shape index (κ2) is 10.6. The van der Waals surface area contributed by atoms with E-state index in [1.807, 2.05) is 13.8 Å². The molecule has 0 saturated carbocycles. The number of hydrogen-bond donors (Lipinski definition) is 2. The van der Waals surface area contributed by atoms with Crippen molar-refractivity contribution < 1.29 is 33.4 Å². The van der Waals surface area contributed by atoms with E-state index in [1.54, 1.807) is 20.8 Å². The van der Waals surface area contributed by atoms with Crippen molar-refractivity contribution in [1.29, 1.82) is 0 Å². The predicted octanol–water partition coefficient (Wildman–Crippen LogP) is 1.28. The third-order valence-corrected chi connectivity index (χ3v) is 2.88. The van der Waals surface area contributed by atoms with Crippen LogP contribution in [0, 0.1) is 5.92 Å². The van der Waals surface area contributed by atoms with E-state index in [0.29, 0.717) is 0 Å². The molecule has 1 unspecified atom stereocenters. The molecule has 9 nitrogen and oxygen atoms in total. The molecular formula is C17H30N2O7. The van der Waals surface area contributed by atoms with E-state index in [2.05, 4.69) is 5.32 Å². The maximum absolute atomic E-state index is 12.2. The number of nitrogens with two attached hydrogens (primary N) is 1. The lowest BCUT2D eigenvalue weighted by Crippen LogP contribution is -2.45. The van der Waals surface area contributed by atoms with Gasteiger partial charge in [-0.25, -0.2) is 9.59 Å². The van der Waals surface area contributed by atoms with E-state index >= 15 is 0 Å². The summed E-state index contributed by atoms with van der Waals surface area (Å²) in [5.41, 5.74) is 4.44. The Morgan fingerprint density at radius 2 is 1.65 bits per heavy atom. The Labute approximate surface area is 153 Å². The quantitative estimate of drug-likeness (QED) is 0.458. The zero-order valence-corrected chi connectivity index (χ0v) is 16.3. The van der Waals surface area contributed by atoms with Gasteiger partial charge in [-0.1, -0.05) is 13.8 Å². The minimum atomic E-state index is -1.20. The molecule has 2 atom stereocenters. The number of esters is 2. The standard InChI is InChI=1S/C17H30N2O7/c1-10(2)9-24-15(22)12(19-16(23)26-17(4,5)6)7-8-13(14(18)21)25-11(3)20/h10,12-13H,7-9H2,1-6H3,(H2,18,21)(H,19,23)/t12-,13?/m0/s1. The monoisotopic (exact) mass is 374 g/mol. The summed E-state index contributed by atoms with van der Waals surface area (Å²) in [5, 5.41) is 2.42. The van der Waals surface area contributed by atoms with Crippen molar-refractivity contribution in [3.63, 3.8) is 0 Å². The smallest absolute Gasteiger partial charge is 0.408 e. The van der Waals surface area contributed by atoms with Crippen LogP contribution in [0.2, 0.25) is 0 Å². The van der Waals surface area contributed by atoms with Crippen molar-refractivity contribution in [1.82, 2.24) is 5.32 Å². The molecule has 0 fully saturated rings. The highest BCUT2D eigenvalue weighted by molar-refractivity contribution is 5.83. The van der Waals surface area contributed by atoms with Crippen molar-refractivity contribution in [2.75, 3.05) is 6.61 Å². The molecule has 0 aromatic heterocycles. The number of primary amides is 1. The maximum Gasteiger partial charge on any atom is 0.408 e. The second-order valence-corrected chi connectivity index (χ2v) is 7.30. The zero-order chi connectivity index (χ0) is 20.5. The van der Waals surface area contributed by atoms with Gasteiger partial charge in [-0.05, 0) is 39.5 Å². The molecule has 0 saturated heterocycles. The predicted molar refractivity (Wildman–Crippen MR) is 92.9 cm³/mol. The fraction of sp³-hybridized carbons (Fsp3) is 0.765. The normalized spacial score (nSPS) is 13.5. The van der Waals surface area contributed by atoms with E-state index in [9.17, 15) is 19.2 Å². The summed E-state index contributed by atoms with van der Waals surface area (Å²) >= 11 is 0. The lowest BCUT2D eigenvalue weighted by Gasteiger charge is -2.24. The third kappa shape index (κ3) is 11.3. The first-order valence-corrected chi connectivity index (χ1v) is 8.44. The Morgan fingerprint density at radius 1 is 1.08 bits per heavy atom. The average molecular weight is 374 g/mol. The lowest BCUT2D eigenvalue weighted by molar-refractivity contribution is -0.153. The Kier molecular flexibility index (Phi) is 9.67. The summed E-state index contributed by atoms with van der Waals surface area (Å²) < 4.78 is 15.1. The molecule has 3 N–H and O–H groups in total. The largest absolute Gasteiger partial charge is 0.464 e. The number of rotatable bonds is 9.